The summed E-state index contributed by atoms with van der Waals surface area (Å²) in [6.07, 6.45) is 3.49. The summed E-state index contributed by atoms with van der Waals surface area (Å²) in [6.45, 7) is 2.04. The van der Waals surface area contributed by atoms with Crippen molar-refractivity contribution in [3.63, 3.8) is 0 Å². The van der Waals surface area contributed by atoms with Crippen LogP contribution < -0.4 is 0 Å². The zero-order chi connectivity index (χ0) is 15.0. The zero-order valence-corrected chi connectivity index (χ0v) is 14.1. The normalized spacial score (nSPS) is 12.8. The molecule has 3 rings (SSSR count). The van der Waals surface area contributed by atoms with Crippen molar-refractivity contribution in [1.82, 2.24) is 14.5 Å². The van der Waals surface area contributed by atoms with E-state index in [0.717, 1.165) is 22.4 Å². The van der Waals surface area contributed by atoms with Crippen LogP contribution in [0.15, 0.2) is 36.7 Å². The number of fused-ring (bicyclic) bond motifs is 1. The minimum atomic E-state index is -0.243. The molecule has 1 unspecified atom stereocenters. The van der Waals surface area contributed by atoms with E-state index in [-0.39, 0.29) is 17.7 Å². The number of hydrogen-bond acceptors (Lipinski definition) is 2. The van der Waals surface area contributed by atoms with E-state index in [2.05, 4.69) is 9.97 Å². The number of hydrogen-bond donors (Lipinski definition) is 0. The van der Waals surface area contributed by atoms with Gasteiger partial charge < -0.3 is 4.57 Å². The van der Waals surface area contributed by atoms with Gasteiger partial charge in [-0.2, -0.15) is 0 Å². The van der Waals surface area contributed by atoms with Crippen molar-refractivity contribution >= 4 is 45.2 Å². The average Bonchev–Trinajstić information content (AvgIpc) is 2.85. The molecule has 0 spiro atoms. The number of aromatic nitrogens is 3. The first-order valence-corrected chi connectivity index (χ1v) is 8.05. The topological polar surface area (TPSA) is 30.7 Å². The molecule has 3 nitrogen and oxygen atoms in total. The fourth-order valence-corrected chi connectivity index (χ4v) is 3.10. The van der Waals surface area contributed by atoms with Gasteiger partial charge in [0.2, 0.25) is 0 Å². The maximum atomic E-state index is 13.9. The molecule has 2 aromatic heterocycles. The van der Waals surface area contributed by atoms with Crippen LogP contribution in [0.3, 0.4) is 0 Å². The Kier molecular flexibility index (Phi) is 4.12. The summed E-state index contributed by atoms with van der Waals surface area (Å²) in [7, 11) is 0. The summed E-state index contributed by atoms with van der Waals surface area (Å²) >= 11 is 7.99. The highest BCUT2D eigenvalue weighted by molar-refractivity contribution is 14.1. The van der Waals surface area contributed by atoms with Crippen LogP contribution in [-0.2, 0) is 5.88 Å². The predicted octanol–water partition coefficient (Wildman–Crippen LogP) is 4.52. The SMILES string of the molecule is CC(c1ccncc1)n1c(CCl)nc2cc(I)c(F)cc21. The molecule has 0 saturated heterocycles. The maximum Gasteiger partial charge on any atom is 0.138 e. The molecule has 1 atom stereocenters. The predicted molar refractivity (Wildman–Crippen MR) is 90.0 cm³/mol. The second-order valence-corrected chi connectivity index (χ2v) is 6.17. The number of halogens is 3. The minimum Gasteiger partial charge on any atom is -0.320 e. The Hall–Kier alpha value is -1.21. The van der Waals surface area contributed by atoms with Gasteiger partial charge >= 0.3 is 0 Å². The molecular weight excluding hydrogens is 404 g/mol. The molecule has 6 heteroatoms. The van der Waals surface area contributed by atoms with Crippen molar-refractivity contribution < 1.29 is 4.39 Å². The third-order valence-corrected chi connectivity index (χ3v) is 4.57. The number of alkyl halides is 1. The fourth-order valence-electron chi connectivity index (χ4n) is 2.46. The highest BCUT2D eigenvalue weighted by Crippen LogP contribution is 2.28. The first-order valence-electron chi connectivity index (χ1n) is 6.43. The van der Waals surface area contributed by atoms with Gasteiger partial charge in [0.1, 0.15) is 11.6 Å². The standard InChI is InChI=1S/C15H12ClFIN3/c1-9(10-2-4-19-5-3-10)21-14-6-11(17)12(18)7-13(14)20-15(21)8-16/h2-7,9H,8H2,1H3. The Bertz CT molecular complexity index is 788. The molecule has 2 heterocycles. The summed E-state index contributed by atoms with van der Waals surface area (Å²) in [6, 6.07) is 7.16. The van der Waals surface area contributed by atoms with Crippen LogP contribution in [0.5, 0.6) is 0 Å². The molecular formula is C15H12ClFIN3. The molecule has 0 aliphatic rings. The van der Waals surface area contributed by atoms with E-state index in [1.807, 2.05) is 46.2 Å². The molecule has 21 heavy (non-hydrogen) atoms. The summed E-state index contributed by atoms with van der Waals surface area (Å²) in [5, 5.41) is 0. The lowest BCUT2D eigenvalue weighted by atomic mass is 10.1. The van der Waals surface area contributed by atoms with Gasteiger partial charge in [0.05, 0.1) is 26.5 Å². The minimum absolute atomic E-state index is 0.00575. The summed E-state index contributed by atoms with van der Waals surface area (Å²) < 4.78 is 16.5. The number of nitrogens with zero attached hydrogens (tertiary/aromatic N) is 3. The van der Waals surface area contributed by atoms with Crippen molar-refractivity contribution in [3.05, 3.63) is 57.4 Å². The molecule has 0 bridgehead atoms. The Morgan fingerprint density at radius 1 is 1.33 bits per heavy atom. The molecule has 0 amide bonds. The average molecular weight is 416 g/mol. The molecule has 0 saturated carbocycles. The lowest BCUT2D eigenvalue weighted by Gasteiger charge is -2.17. The molecule has 0 aliphatic heterocycles. The largest absolute Gasteiger partial charge is 0.320 e. The van der Waals surface area contributed by atoms with Gasteiger partial charge in [-0.15, -0.1) is 11.6 Å². The molecule has 108 valence electrons. The van der Waals surface area contributed by atoms with E-state index < -0.39 is 0 Å². The molecule has 1 aromatic carbocycles. The summed E-state index contributed by atoms with van der Waals surface area (Å²) in [5.74, 6) is 0.771. The van der Waals surface area contributed by atoms with Gasteiger partial charge in [-0.3, -0.25) is 4.98 Å². The number of rotatable bonds is 3. The number of pyridine rings is 1. The van der Waals surface area contributed by atoms with E-state index in [4.69, 9.17) is 11.6 Å². The third kappa shape index (κ3) is 2.64. The second kappa shape index (κ2) is 5.88. The number of benzene rings is 1. The van der Waals surface area contributed by atoms with E-state index in [9.17, 15) is 4.39 Å². The maximum absolute atomic E-state index is 13.9. The van der Waals surface area contributed by atoms with E-state index in [1.165, 1.54) is 6.07 Å². The van der Waals surface area contributed by atoms with Gasteiger partial charge in [-0.1, -0.05) is 0 Å². The Morgan fingerprint density at radius 3 is 2.71 bits per heavy atom. The van der Waals surface area contributed by atoms with Gasteiger partial charge in [-0.05, 0) is 53.3 Å². The molecule has 0 radical (unpaired) electrons. The number of imidazole rings is 1. The van der Waals surface area contributed by atoms with Crippen molar-refractivity contribution in [2.24, 2.45) is 0 Å². The first-order chi connectivity index (χ1) is 10.1. The van der Waals surface area contributed by atoms with Crippen LogP contribution in [0, 0.1) is 9.39 Å². The highest BCUT2D eigenvalue weighted by atomic mass is 127. The van der Waals surface area contributed by atoms with Crippen molar-refractivity contribution in [3.8, 4) is 0 Å². The summed E-state index contributed by atoms with van der Waals surface area (Å²) in [4.78, 5) is 8.55. The fraction of sp³-hybridized carbons (Fsp3) is 0.200. The molecule has 0 fully saturated rings. The van der Waals surface area contributed by atoms with Gasteiger partial charge in [-0.25, -0.2) is 9.37 Å². The zero-order valence-electron chi connectivity index (χ0n) is 11.2. The molecule has 0 aliphatic carbocycles. The second-order valence-electron chi connectivity index (χ2n) is 4.74. The third-order valence-electron chi connectivity index (χ3n) is 3.50. The highest BCUT2D eigenvalue weighted by Gasteiger charge is 2.18. The van der Waals surface area contributed by atoms with Crippen molar-refractivity contribution in [2.75, 3.05) is 0 Å². The first kappa shape index (κ1) is 14.7. The van der Waals surface area contributed by atoms with Crippen LogP contribution in [0.4, 0.5) is 4.39 Å². The quantitative estimate of drug-likeness (QED) is 0.465. The Balaban J connectivity index is 2.23. The molecule has 0 N–H and O–H groups in total. The van der Waals surface area contributed by atoms with Gasteiger partial charge in [0, 0.05) is 18.5 Å². The Labute approximate surface area is 140 Å². The van der Waals surface area contributed by atoms with Crippen LogP contribution in [0.25, 0.3) is 11.0 Å². The van der Waals surface area contributed by atoms with Crippen LogP contribution in [-0.4, -0.2) is 14.5 Å². The lowest BCUT2D eigenvalue weighted by Crippen LogP contribution is -2.10. The van der Waals surface area contributed by atoms with Crippen molar-refractivity contribution in [1.29, 1.82) is 0 Å². The van der Waals surface area contributed by atoms with E-state index in [1.54, 1.807) is 18.5 Å². The van der Waals surface area contributed by atoms with E-state index in [0.29, 0.717) is 3.57 Å². The smallest absolute Gasteiger partial charge is 0.138 e. The van der Waals surface area contributed by atoms with Crippen LogP contribution >= 0.6 is 34.2 Å². The van der Waals surface area contributed by atoms with Crippen molar-refractivity contribution in [2.45, 2.75) is 18.8 Å². The van der Waals surface area contributed by atoms with Crippen LogP contribution in [0.1, 0.15) is 24.4 Å². The Morgan fingerprint density at radius 2 is 2.05 bits per heavy atom. The monoisotopic (exact) mass is 415 g/mol. The lowest BCUT2D eigenvalue weighted by molar-refractivity contribution is 0.613. The van der Waals surface area contributed by atoms with Gasteiger partial charge in [0.25, 0.3) is 0 Å². The van der Waals surface area contributed by atoms with E-state index >= 15 is 0 Å². The van der Waals surface area contributed by atoms with Crippen LogP contribution in [0.2, 0.25) is 0 Å². The summed E-state index contributed by atoms with van der Waals surface area (Å²) in [5.41, 5.74) is 2.60. The molecule has 3 aromatic rings. The van der Waals surface area contributed by atoms with Gasteiger partial charge in [0.15, 0.2) is 0 Å².